The zero-order chi connectivity index (χ0) is 8.27. The highest BCUT2D eigenvalue weighted by Crippen LogP contribution is 2.02. The van der Waals surface area contributed by atoms with Gasteiger partial charge in [-0.05, 0) is 0 Å². The van der Waals surface area contributed by atoms with Crippen LogP contribution in [-0.2, 0) is 4.74 Å². The summed E-state index contributed by atoms with van der Waals surface area (Å²) in [4.78, 5) is 1.76. The van der Waals surface area contributed by atoms with Gasteiger partial charge in [-0.3, -0.25) is 5.41 Å². The molecule has 0 aliphatic carbocycles. The molecule has 0 saturated carbocycles. The summed E-state index contributed by atoms with van der Waals surface area (Å²) in [6, 6.07) is 0. The molecule has 11 heavy (non-hydrogen) atoms. The molecule has 1 aliphatic rings. The molecule has 1 heterocycles. The summed E-state index contributed by atoms with van der Waals surface area (Å²) in [6.07, 6.45) is 0.0349. The quantitative estimate of drug-likeness (QED) is 0.321. The maximum atomic E-state index is 7.16. The zero-order valence-corrected chi connectivity index (χ0v) is 6.42. The number of nitrogens with one attached hydrogen (secondary N) is 1. The van der Waals surface area contributed by atoms with Crippen LogP contribution in [-0.4, -0.2) is 43.2 Å². The van der Waals surface area contributed by atoms with Gasteiger partial charge in [0, 0.05) is 19.6 Å². The first-order chi connectivity index (χ1) is 5.24. The number of hydrogen-bond donors (Lipinski definition) is 3. The SMILES string of the molecule is N=C(N)N1CCOC(CN)C1. The molecular formula is C6H14N4O. The van der Waals surface area contributed by atoms with Gasteiger partial charge in [-0.2, -0.15) is 0 Å². The number of nitrogens with two attached hydrogens (primary N) is 2. The molecule has 1 rings (SSSR count). The molecule has 1 unspecified atom stereocenters. The zero-order valence-electron chi connectivity index (χ0n) is 6.42. The standard InChI is InChI=1S/C6H14N4O/c7-3-5-4-10(6(8)9)1-2-11-5/h5H,1-4,7H2,(H3,8,9). The van der Waals surface area contributed by atoms with Crippen molar-refractivity contribution in [2.45, 2.75) is 6.10 Å². The van der Waals surface area contributed by atoms with E-state index < -0.39 is 0 Å². The Hall–Kier alpha value is -0.810. The van der Waals surface area contributed by atoms with E-state index in [2.05, 4.69) is 0 Å². The van der Waals surface area contributed by atoms with Gasteiger partial charge in [0.2, 0.25) is 0 Å². The van der Waals surface area contributed by atoms with E-state index >= 15 is 0 Å². The van der Waals surface area contributed by atoms with Crippen molar-refractivity contribution in [2.75, 3.05) is 26.2 Å². The highest BCUT2D eigenvalue weighted by atomic mass is 16.5. The third kappa shape index (κ3) is 2.06. The van der Waals surface area contributed by atoms with Crippen LogP contribution in [0.5, 0.6) is 0 Å². The molecule has 0 radical (unpaired) electrons. The van der Waals surface area contributed by atoms with E-state index in [-0.39, 0.29) is 12.1 Å². The van der Waals surface area contributed by atoms with Gasteiger partial charge in [-0.25, -0.2) is 0 Å². The van der Waals surface area contributed by atoms with E-state index in [1.807, 2.05) is 0 Å². The summed E-state index contributed by atoms with van der Waals surface area (Å²) in [5.41, 5.74) is 10.7. The maximum absolute atomic E-state index is 7.16. The largest absolute Gasteiger partial charge is 0.373 e. The molecule has 5 nitrogen and oxygen atoms in total. The Labute approximate surface area is 65.8 Å². The Kier molecular flexibility index (Phi) is 2.67. The Morgan fingerprint density at radius 1 is 1.73 bits per heavy atom. The van der Waals surface area contributed by atoms with Crippen LogP contribution in [0.2, 0.25) is 0 Å². The fraction of sp³-hybridized carbons (Fsp3) is 0.833. The Bertz CT molecular complexity index is 150. The summed E-state index contributed by atoms with van der Waals surface area (Å²) in [7, 11) is 0. The van der Waals surface area contributed by atoms with Crippen LogP contribution in [0, 0.1) is 5.41 Å². The normalized spacial score (nSPS) is 25.2. The molecule has 0 aromatic rings. The Morgan fingerprint density at radius 3 is 3.00 bits per heavy atom. The number of morpholine rings is 1. The first-order valence-electron chi connectivity index (χ1n) is 3.64. The van der Waals surface area contributed by atoms with Gasteiger partial charge in [-0.1, -0.05) is 0 Å². The van der Waals surface area contributed by atoms with Crippen LogP contribution in [0.1, 0.15) is 0 Å². The molecule has 1 atom stereocenters. The third-order valence-electron chi connectivity index (χ3n) is 1.74. The van der Waals surface area contributed by atoms with Crippen molar-refractivity contribution >= 4 is 5.96 Å². The predicted octanol–water partition coefficient (Wildman–Crippen LogP) is -1.46. The fourth-order valence-electron chi connectivity index (χ4n) is 1.08. The lowest BCUT2D eigenvalue weighted by atomic mass is 10.3. The number of rotatable bonds is 1. The van der Waals surface area contributed by atoms with Gasteiger partial charge in [0.25, 0.3) is 0 Å². The van der Waals surface area contributed by atoms with Crippen molar-refractivity contribution < 1.29 is 4.74 Å². The fourth-order valence-corrected chi connectivity index (χ4v) is 1.08. The van der Waals surface area contributed by atoms with E-state index in [1.54, 1.807) is 4.90 Å². The van der Waals surface area contributed by atoms with Crippen molar-refractivity contribution in [1.82, 2.24) is 4.90 Å². The molecule has 0 amide bonds. The van der Waals surface area contributed by atoms with Crippen molar-refractivity contribution in [3.63, 3.8) is 0 Å². The molecule has 64 valence electrons. The Morgan fingerprint density at radius 2 is 2.45 bits per heavy atom. The molecule has 0 spiro atoms. The van der Waals surface area contributed by atoms with Crippen LogP contribution in [0.25, 0.3) is 0 Å². The van der Waals surface area contributed by atoms with Gasteiger partial charge in [0.05, 0.1) is 12.7 Å². The first kappa shape index (κ1) is 8.29. The van der Waals surface area contributed by atoms with E-state index in [0.29, 0.717) is 26.2 Å². The van der Waals surface area contributed by atoms with Gasteiger partial charge in [0.1, 0.15) is 0 Å². The van der Waals surface area contributed by atoms with Gasteiger partial charge in [0.15, 0.2) is 5.96 Å². The summed E-state index contributed by atoms with van der Waals surface area (Å²) >= 11 is 0. The van der Waals surface area contributed by atoms with Crippen LogP contribution in [0.3, 0.4) is 0 Å². The minimum absolute atomic E-state index is 0.0349. The van der Waals surface area contributed by atoms with Crippen LogP contribution < -0.4 is 11.5 Å². The highest BCUT2D eigenvalue weighted by molar-refractivity contribution is 5.74. The Balaban J connectivity index is 2.39. The number of guanidine groups is 1. The van der Waals surface area contributed by atoms with Gasteiger partial charge >= 0.3 is 0 Å². The summed E-state index contributed by atoms with van der Waals surface area (Å²) in [5, 5.41) is 7.16. The van der Waals surface area contributed by atoms with Crippen molar-refractivity contribution in [1.29, 1.82) is 5.41 Å². The van der Waals surface area contributed by atoms with Gasteiger partial charge in [-0.15, -0.1) is 0 Å². The third-order valence-corrected chi connectivity index (χ3v) is 1.74. The van der Waals surface area contributed by atoms with Crippen molar-refractivity contribution in [3.05, 3.63) is 0 Å². The second-order valence-electron chi connectivity index (χ2n) is 2.56. The second-order valence-corrected chi connectivity index (χ2v) is 2.56. The van der Waals surface area contributed by atoms with Crippen molar-refractivity contribution in [3.8, 4) is 0 Å². The highest BCUT2D eigenvalue weighted by Gasteiger charge is 2.19. The number of hydrogen-bond acceptors (Lipinski definition) is 3. The smallest absolute Gasteiger partial charge is 0.188 e. The number of ether oxygens (including phenoxy) is 1. The summed E-state index contributed by atoms with van der Waals surface area (Å²) in [5.74, 6) is 0.103. The van der Waals surface area contributed by atoms with Crippen LogP contribution in [0.15, 0.2) is 0 Å². The van der Waals surface area contributed by atoms with E-state index in [1.165, 1.54) is 0 Å². The summed E-state index contributed by atoms with van der Waals surface area (Å²) in [6.45, 7) is 2.45. The molecule has 1 fully saturated rings. The molecular weight excluding hydrogens is 144 g/mol. The minimum atomic E-state index is 0.0349. The lowest BCUT2D eigenvalue weighted by molar-refractivity contribution is -0.000436. The second kappa shape index (κ2) is 3.54. The predicted molar refractivity (Wildman–Crippen MR) is 42.3 cm³/mol. The average molecular weight is 158 g/mol. The van der Waals surface area contributed by atoms with E-state index in [9.17, 15) is 0 Å². The summed E-state index contributed by atoms with van der Waals surface area (Å²) < 4.78 is 5.29. The topological polar surface area (TPSA) is 88.4 Å². The van der Waals surface area contributed by atoms with Crippen LogP contribution in [0.4, 0.5) is 0 Å². The average Bonchev–Trinajstić information content (AvgIpc) is 2.05. The minimum Gasteiger partial charge on any atom is -0.373 e. The number of nitrogens with zero attached hydrogens (tertiary/aromatic N) is 1. The molecule has 0 bridgehead atoms. The molecule has 0 aromatic carbocycles. The molecule has 1 saturated heterocycles. The van der Waals surface area contributed by atoms with E-state index in [0.717, 1.165) is 0 Å². The maximum Gasteiger partial charge on any atom is 0.188 e. The van der Waals surface area contributed by atoms with Crippen molar-refractivity contribution in [2.24, 2.45) is 11.5 Å². The molecule has 5 N–H and O–H groups in total. The molecule has 1 aliphatic heterocycles. The lowest BCUT2D eigenvalue weighted by Gasteiger charge is -2.32. The first-order valence-corrected chi connectivity index (χ1v) is 3.64. The molecule has 5 heteroatoms. The van der Waals surface area contributed by atoms with Gasteiger partial charge < -0.3 is 21.1 Å². The molecule has 0 aromatic heterocycles. The van der Waals surface area contributed by atoms with E-state index in [4.69, 9.17) is 21.6 Å². The lowest BCUT2D eigenvalue weighted by Crippen LogP contribution is -2.50. The van der Waals surface area contributed by atoms with Crippen LogP contribution >= 0.6 is 0 Å². The monoisotopic (exact) mass is 158 g/mol.